The molecule has 1 aliphatic carbocycles. The predicted octanol–water partition coefficient (Wildman–Crippen LogP) is 0.972. The summed E-state index contributed by atoms with van der Waals surface area (Å²) in [7, 11) is 1.82. The number of carbonyl (C=O) groups is 1. The van der Waals surface area contributed by atoms with Crippen LogP contribution in [0.25, 0.3) is 0 Å². The highest BCUT2D eigenvalue weighted by Gasteiger charge is 2.18. The van der Waals surface area contributed by atoms with E-state index in [1.54, 1.807) is 23.4 Å². The molecule has 1 N–H and O–H groups in total. The van der Waals surface area contributed by atoms with Gasteiger partial charge in [-0.15, -0.1) is 0 Å². The summed E-state index contributed by atoms with van der Waals surface area (Å²) in [6, 6.07) is 2.13. The zero-order chi connectivity index (χ0) is 12.1. The Bertz CT molecular complexity index is 362. The highest BCUT2D eigenvalue weighted by molar-refractivity contribution is 5.80. The zero-order valence-electron chi connectivity index (χ0n) is 10.1. The van der Waals surface area contributed by atoms with Gasteiger partial charge in [-0.05, 0) is 18.9 Å². The molecule has 0 atom stereocenters. The van der Waals surface area contributed by atoms with Crippen LogP contribution in [0.5, 0.6) is 0 Å². The van der Waals surface area contributed by atoms with Gasteiger partial charge >= 0.3 is 0 Å². The molecule has 5 heteroatoms. The molecule has 1 aromatic heterocycles. The van der Waals surface area contributed by atoms with E-state index >= 15 is 0 Å². The minimum absolute atomic E-state index is 0.0480. The lowest BCUT2D eigenvalue weighted by molar-refractivity contribution is -0.120. The Balaban J connectivity index is 1.81. The maximum atomic E-state index is 11.8. The third-order valence-electron chi connectivity index (χ3n) is 2.99. The molecule has 0 spiro atoms. The lowest BCUT2D eigenvalue weighted by Crippen LogP contribution is -2.40. The second-order valence-corrected chi connectivity index (χ2v) is 4.45. The minimum Gasteiger partial charge on any atom is -0.352 e. The van der Waals surface area contributed by atoms with Gasteiger partial charge in [0.1, 0.15) is 0 Å². The minimum atomic E-state index is 0.0480. The largest absolute Gasteiger partial charge is 0.352 e. The number of amides is 1. The Labute approximate surface area is 101 Å². The van der Waals surface area contributed by atoms with E-state index in [0.29, 0.717) is 18.5 Å². The molecule has 0 bridgehead atoms. The van der Waals surface area contributed by atoms with Gasteiger partial charge in [-0.2, -0.15) is 0 Å². The summed E-state index contributed by atoms with van der Waals surface area (Å²) in [5.74, 6) is 0.626. The smallest absolute Gasteiger partial charge is 0.239 e. The van der Waals surface area contributed by atoms with Crippen LogP contribution >= 0.6 is 0 Å². The van der Waals surface area contributed by atoms with Crippen molar-refractivity contribution in [1.82, 2.24) is 15.3 Å². The van der Waals surface area contributed by atoms with Crippen molar-refractivity contribution in [3.8, 4) is 0 Å². The summed E-state index contributed by atoms with van der Waals surface area (Å²) >= 11 is 0. The summed E-state index contributed by atoms with van der Waals surface area (Å²) in [6.45, 7) is 0.306. The van der Waals surface area contributed by atoms with Crippen LogP contribution in [0.4, 0.5) is 5.95 Å². The lowest BCUT2D eigenvalue weighted by Gasteiger charge is -2.18. The normalized spacial score (nSPS) is 15.8. The van der Waals surface area contributed by atoms with Gasteiger partial charge in [0.2, 0.25) is 11.9 Å². The topological polar surface area (TPSA) is 58.1 Å². The molecule has 1 amide bonds. The first-order valence-electron chi connectivity index (χ1n) is 6.03. The van der Waals surface area contributed by atoms with Crippen LogP contribution < -0.4 is 10.2 Å². The first kappa shape index (κ1) is 11.8. The van der Waals surface area contributed by atoms with Gasteiger partial charge in [0, 0.05) is 25.5 Å². The molecule has 1 heterocycles. The molecule has 92 valence electrons. The zero-order valence-corrected chi connectivity index (χ0v) is 10.1. The van der Waals surface area contributed by atoms with E-state index < -0.39 is 0 Å². The fourth-order valence-electron chi connectivity index (χ4n) is 2.12. The van der Waals surface area contributed by atoms with E-state index in [2.05, 4.69) is 15.3 Å². The molecule has 5 nitrogen and oxygen atoms in total. The van der Waals surface area contributed by atoms with Gasteiger partial charge in [0.15, 0.2) is 0 Å². The maximum absolute atomic E-state index is 11.8. The van der Waals surface area contributed by atoms with Crippen molar-refractivity contribution in [2.24, 2.45) is 0 Å². The van der Waals surface area contributed by atoms with E-state index in [1.807, 2.05) is 7.05 Å². The molecule has 1 aliphatic rings. The Morgan fingerprint density at radius 3 is 2.71 bits per heavy atom. The SMILES string of the molecule is CN(CC(=O)NC1CCCC1)c1ncccn1. The van der Waals surface area contributed by atoms with Crippen molar-refractivity contribution in [1.29, 1.82) is 0 Å². The van der Waals surface area contributed by atoms with Gasteiger partial charge in [-0.1, -0.05) is 12.8 Å². The molecule has 0 aliphatic heterocycles. The molecule has 17 heavy (non-hydrogen) atoms. The Hall–Kier alpha value is -1.65. The van der Waals surface area contributed by atoms with Crippen molar-refractivity contribution in [2.75, 3.05) is 18.5 Å². The van der Waals surface area contributed by atoms with Crippen LogP contribution in [0.2, 0.25) is 0 Å². The Kier molecular flexibility index (Phi) is 3.90. The van der Waals surface area contributed by atoms with Crippen LogP contribution in [0.1, 0.15) is 25.7 Å². The second-order valence-electron chi connectivity index (χ2n) is 4.45. The van der Waals surface area contributed by atoms with Crippen LogP contribution in [0.3, 0.4) is 0 Å². The van der Waals surface area contributed by atoms with Gasteiger partial charge in [-0.25, -0.2) is 9.97 Å². The van der Waals surface area contributed by atoms with Crippen LogP contribution in [0, 0.1) is 0 Å². The predicted molar refractivity (Wildman–Crippen MR) is 65.7 cm³/mol. The quantitative estimate of drug-likeness (QED) is 0.843. The molecule has 1 fully saturated rings. The van der Waals surface area contributed by atoms with Crippen LogP contribution in [0.15, 0.2) is 18.5 Å². The first-order chi connectivity index (χ1) is 8.25. The average Bonchev–Trinajstić information content (AvgIpc) is 2.82. The molecule has 0 radical (unpaired) electrons. The van der Waals surface area contributed by atoms with E-state index in [-0.39, 0.29) is 5.91 Å². The number of carbonyl (C=O) groups excluding carboxylic acids is 1. The summed E-state index contributed by atoms with van der Waals surface area (Å²) in [5, 5.41) is 3.04. The van der Waals surface area contributed by atoms with E-state index in [4.69, 9.17) is 0 Å². The van der Waals surface area contributed by atoms with Crippen molar-refractivity contribution in [3.63, 3.8) is 0 Å². The van der Waals surface area contributed by atoms with Crippen molar-refractivity contribution in [3.05, 3.63) is 18.5 Å². The highest BCUT2D eigenvalue weighted by atomic mass is 16.2. The number of hydrogen-bond acceptors (Lipinski definition) is 4. The highest BCUT2D eigenvalue weighted by Crippen LogP contribution is 2.17. The fraction of sp³-hybridized carbons (Fsp3) is 0.583. The monoisotopic (exact) mass is 234 g/mol. The molecule has 2 rings (SSSR count). The van der Waals surface area contributed by atoms with Gasteiger partial charge in [0.25, 0.3) is 0 Å². The van der Waals surface area contributed by atoms with Crippen LogP contribution in [-0.4, -0.2) is 35.5 Å². The van der Waals surface area contributed by atoms with Crippen LogP contribution in [-0.2, 0) is 4.79 Å². The summed E-state index contributed by atoms with van der Waals surface area (Å²) in [6.07, 6.45) is 8.02. The van der Waals surface area contributed by atoms with E-state index in [9.17, 15) is 4.79 Å². The molecule has 1 saturated carbocycles. The number of aromatic nitrogens is 2. The molecular weight excluding hydrogens is 216 g/mol. The molecule has 0 saturated heterocycles. The van der Waals surface area contributed by atoms with Gasteiger partial charge < -0.3 is 10.2 Å². The summed E-state index contributed by atoms with van der Waals surface area (Å²) < 4.78 is 0. The van der Waals surface area contributed by atoms with Gasteiger partial charge in [-0.3, -0.25) is 4.79 Å². The van der Waals surface area contributed by atoms with E-state index in [1.165, 1.54) is 12.8 Å². The lowest BCUT2D eigenvalue weighted by atomic mass is 10.2. The van der Waals surface area contributed by atoms with Crippen molar-refractivity contribution < 1.29 is 4.79 Å². The Morgan fingerprint density at radius 1 is 1.41 bits per heavy atom. The molecule has 0 unspecified atom stereocenters. The standard InChI is InChI=1S/C12H18N4O/c1-16(12-13-7-4-8-14-12)9-11(17)15-10-5-2-3-6-10/h4,7-8,10H,2-3,5-6,9H2,1H3,(H,15,17). The summed E-state index contributed by atoms with van der Waals surface area (Å²) in [4.78, 5) is 21.7. The second kappa shape index (κ2) is 5.61. The number of hydrogen-bond donors (Lipinski definition) is 1. The van der Waals surface area contributed by atoms with Gasteiger partial charge in [0.05, 0.1) is 6.54 Å². The molecular formula is C12H18N4O. The first-order valence-corrected chi connectivity index (χ1v) is 6.03. The number of nitrogens with one attached hydrogen (secondary N) is 1. The third kappa shape index (κ3) is 3.41. The molecule has 1 aromatic rings. The number of nitrogens with zero attached hydrogens (tertiary/aromatic N) is 3. The maximum Gasteiger partial charge on any atom is 0.239 e. The number of anilines is 1. The van der Waals surface area contributed by atoms with Crippen molar-refractivity contribution >= 4 is 11.9 Å². The summed E-state index contributed by atoms with van der Waals surface area (Å²) in [5.41, 5.74) is 0. The average molecular weight is 234 g/mol. The Morgan fingerprint density at radius 2 is 2.06 bits per heavy atom. The fourth-order valence-corrected chi connectivity index (χ4v) is 2.12. The number of likely N-dealkylation sites (N-methyl/N-ethyl adjacent to an activating group) is 1. The number of rotatable bonds is 4. The van der Waals surface area contributed by atoms with Crippen molar-refractivity contribution in [2.45, 2.75) is 31.7 Å². The molecule has 0 aromatic carbocycles. The van der Waals surface area contributed by atoms with E-state index in [0.717, 1.165) is 12.8 Å². The third-order valence-corrected chi connectivity index (χ3v) is 2.99.